The summed E-state index contributed by atoms with van der Waals surface area (Å²) in [5.74, 6) is -0.485. The molecule has 0 aromatic carbocycles. The van der Waals surface area contributed by atoms with Gasteiger partial charge in [0.15, 0.2) is 6.67 Å². The summed E-state index contributed by atoms with van der Waals surface area (Å²) in [5, 5.41) is 2.54. The van der Waals surface area contributed by atoms with E-state index in [-0.39, 0.29) is 0 Å². The predicted molar refractivity (Wildman–Crippen MR) is 70.8 cm³/mol. The van der Waals surface area contributed by atoms with Gasteiger partial charge in [0.25, 0.3) is 5.91 Å². The highest BCUT2D eigenvalue weighted by Crippen LogP contribution is 2.10. The second-order valence-corrected chi connectivity index (χ2v) is 4.67. The van der Waals surface area contributed by atoms with Gasteiger partial charge in [-0.15, -0.1) is 0 Å². The Labute approximate surface area is 105 Å². The van der Waals surface area contributed by atoms with E-state index in [1.165, 1.54) is 51.4 Å². The molecule has 0 bridgehead atoms. The highest BCUT2D eigenvalue weighted by molar-refractivity contribution is 5.76. The number of alkyl halides is 1. The fourth-order valence-electron chi connectivity index (χ4n) is 1.89. The molecule has 1 N–H and O–H groups in total. The topological polar surface area (TPSA) is 29.1 Å². The van der Waals surface area contributed by atoms with Crippen molar-refractivity contribution in [3.8, 4) is 0 Å². The Hall–Kier alpha value is -0.600. The van der Waals surface area contributed by atoms with Gasteiger partial charge in [-0.3, -0.25) is 4.79 Å². The van der Waals surface area contributed by atoms with Crippen molar-refractivity contribution in [1.29, 1.82) is 0 Å². The van der Waals surface area contributed by atoms with Crippen molar-refractivity contribution >= 4 is 5.91 Å². The van der Waals surface area contributed by atoms with Crippen molar-refractivity contribution in [1.82, 2.24) is 5.32 Å². The number of halogens is 1. The van der Waals surface area contributed by atoms with Crippen molar-refractivity contribution in [3.05, 3.63) is 0 Å². The lowest BCUT2D eigenvalue weighted by Gasteiger charge is -2.03. The maximum Gasteiger partial charge on any atom is 0.251 e. The van der Waals surface area contributed by atoms with Gasteiger partial charge in [-0.2, -0.15) is 0 Å². The molecule has 0 heterocycles. The van der Waals surface area contributed by atoms with Gasteiger partial charge >= 0.3 is 0 Å². The minimum absolute atomic E-state index is 0.485. The van der Waals surface area contributed by atoms with Gasteiger partial charge in [0.05, 0.1) is 0 Å². The summed E-state index contributed by atoms with van der Waals surface area (Å²) >= 11 is 0. The minimum Gasteiger partial charge on any atom is -0.354 e. The molecule has 1 amide bonds. The molecule has 0 unspecified atom stereocenters. The van der Waals surface area contributed by atoms with Crippen LogP contribution in [0.4, 0.5) is 4.39 Å². The summed E-state index contributed by atoms with van der Waals surface area (Å²) in [7, 11) is 0. The van der Waals surface area contributed by atoms with Crippen LogP contribution in [0.1, 0.15) is 71.1 Å². The van der Waals surface area contributed by atoms with Gasteiger partial charge < -0.3 is 5.32 Å². The van der Waals surface area contributed by atoms with Crippen LogP contribution >= 0.6 is 0 Å². The fraction of sp³-hybridized carbons (Fsp3) is 0.929. The molecule has 0 fully saturated rings. The molecular formula is C14H28FNO. The van der Waals surface area contributed by atoms with Crippen molar-refractivity contribution in [2.24, 2.45) is 0 Å². The van der Waals surface area contributed by atoms with E-state index in [0.717, 1.165) is 12.8 Å². The van der Waals surface area contributed by atoms with E-state index >= 15 is 0 Å². The standard InChI is InChI=1S/C14H28FNO/c1-2-3-4-5-6-7-8-9-10-11-12-16-14(17)13-15/h2-13H2,1H3,(H,16,17). The molecule has 17 heavy (non-hydrogen) atoms. The van der Waals surface area contributed by atoms with Crippen LogP contribution in [0.2, 0.25) is 0 Å². The third kappa shape index (κ3) is 13.3. The number of hydrogen-bond donors (Lipinski definition) is 1. The third-order valence-corrected chi connectivity index (χ3v) is 2.97. The largest absolute Gasteiger partial charge is 0.354 e. The fourth-order valence-corrected chi connectivity index (χ4v) is 1.89. The molecule has 0 aromatic heterocycles. The molecule has 0 aliphatic heterocycles. The van der Waals surface area contributed by atoms with E-state index in [2.05, 4.69) is 12.2 Å². The second-order valence-electron chi connectivity index (χ2n) is 4.67. The van der Waals surface area contributed by atoms with Gasteiger partial charge in [0.2, 0.25) is 0 Å². The zero-order chi connectivity index (χ0) is 12.8. The molecule has 102 valence electrons. The zero-order valence-electron chi connectivity index (χ0n) is 11.3. The Morgan fingerprint density at radius 3 is 1.82 bits per heavy atom. The van der Waals surface area contributed by atoms with Crippen molar-refractivity contribution in [3.63, 3.8) is 0 Å². The van der Waals surface area contributed by atoms with Gasteiger partial charge in [-0.25, -0.2) is 4.39 Å². The lowest BCUT2D eigenvalue weighted by Crippen LogP contribution is -2.25. The van der Waals surface area contributed by atoms with Crippen LogP contribution in [0.25, 0.3) is 0 Å². The molecule has 0 spiro atoms. The van der Waals surface area contributed by atoms with Gasteiger partial charge in [0, 0.05) is 6.54 Å². The number of carbonyl (C=O) groups is 1. The number of carbonyl (C=O) groups excluding carboxylic acids is 1. The normalized spacial score (nSPS) is 10.5. The van der Waals surface area contributed by atoms with E-state index in [1.54, 1.807) is 0 Å². The molecule has 0 rings (SSSR count). The maximum atomic E-state index is 11.8. The van der Waals surface area contributed by atoms with Crippen LogP contribution in [0.5, 0.6) is 0 Å². The summed E-state index contributed by atoms with van der Waals surface area (Å²) in [6, 6.07) is 0. The van der Waals surface area contributed by atoms with E-state index < -0.39 is 12.6 Å². The van der Waals surface area contributed by atoms with E-state index in [0.29, 0.717) is 6.54 Å². The molecule has 0 aliphatic rings. The Kier molecular flexibility index (Phi) is 13.0. The number of hydrogen-bond acceptors (Lipinski definition) is 1. The Balaban J connectivity index is 2.96. The molecule has 0 radical (unpaired) electrons. The SMILES string of the molecule is CCCCCCCCCCCCNC(=O)CF. The van der Waals surface area contributed by atoms with Crippen LogP contribution in [-0.2, 0) is 4.79 Å². The van der Waals surface area contributed by atoms with E-state index in [1.807, 2.05) is 0 Å². The summed E-state index contributed by atoms with van der Waals surface area (Å²) in [4.78, 5) is 10.6. The summed E-state index contributed by atoms with van der Waals surface area (Å²) < 4.78 is 11.8. The molecule has 3 heteroatoms. The predicted octanol–water partition coefficient (Wildman–Crippen LogP) is 3.99. The molecule has 0 saturated heterocycles. The van der Waals surface area contributed by atoms with E-state index in [9.17, 15) is 9.18 Å². The first kappa shape index (κ1) is 16.4. The monoisotopic (exact) mass is 245 g/mol. The highest BCUT2D eigenvalue weighted by atomic mass is 19.1. The highest BCUT2D eigenvalue weighted by Gasteiger charge is 1.97. The van der Waals surface area contributed by atoms with E-state index in [4.69, 9.17) is 0 Å². The molecule has 0 aromatic rings. The number of unbranched alkanes of at least 4 members (excludes halogenated alkanes) is 9. The molecule has 0 saturated carbocycles. The molecule has 2 nitrogen and oxygen atoms in total. The van der Waals surface area contributed by atoms with Crippen LogP contribution in [0.15, 0.2) is 0 Å². The zero-order valence-corrected chi connectivity index (χ0v) is 11.3. The van der Waals surface area contributed by atoms with Gasteiger partial charge in [-0.1, -0.05) is 64.7 Å². The summed E-state index contributed by atoms with van der Waals surface area (Å²) in [5.41, 5.74) is 0. The van der Waals surface area contributed by atoms with Crippen LogP contribution < -0.4 is 5.32 Å². The smallest absolute Gasteiger partial charge is 0.251 e. The van der Waals surface area contributed by atoms with Crippen LogP contribution in [-0.4, -0.2) is 19.1 Å². The Morgan fingerprint density at radius 2 is 1.35 bits per heavy atom. The van der Waals surface area contributed by atoms with Crippen molar-refractivity contribution < 1.29 is 9.18 Å². The molecule has 0 aliphatic carbocycles. The molecular weight excluding hydrogens is 217 g/mol. The molecule has 0 atom stereocenters. The van der Waals surface area contributed by atoms with Crippen LogP contribution in [0.3, 0.4) is 0 Å². The number of amides is 1. The third-order valence-electron chi connectivity index (χ3n) is 2.97. The number of rotatable bonds is 12. The number of nitrogens with one attached hydrogen (secondary N) is 1. The first-order valence-electron chi connectivity index (χ1n) is 7.14. The lowest BCUT2D eigenvalue weighted by atomic mass is 10.1. The summed E-state index contributed by atoms with van der Waals surface area (Å²) in [6.07, 6.45) is 12.8. The van der Waals surface area contributed by atoms with Crippen LogP contribution in [0, 0.1) is 0 Å². The average Bonchev–Trinajstić information content (AvgIpc) is 2.35. The Bertz CT molecular complexity index is 174. The lowest BCUT2D eigenvalue weighted by molar-refractivity contribution is -0.121. The summed E-state index contributed by atoms with van der Waals surface area (Å²) in [6.45, 7) is 1.97. The second kappa shape index (κ2) is 13.5. The average molecular weight is 245 g/mol. The first-order valence-corrected chi connectivity index (χ1v) is 7.14. The maximum absolute atomic E-state index is 11.8. The van der Waals surface area contributed by atoms with Crippen molar-refractivity contribution in [2.45, 2.75) is 71.1 Å². The van der Waals surface area contributed by atoms with Gasteiger partial charge in [-0.05, 0) is 6.42 Å². The van der Waals surface area contributed by atoms with Gasteiger partial charge in [0.1, 0.15) is 0 Å². The first-order chi connectivity index (χ1) is 8.31. The minimum atomic E-state index is -0.891. The Morgan fingerprint density at radius 1 is 0.882 bits per heavy atom. The van der Waals surface area contributed by atoms with Crippen molar-refractivity contribution in [2.75, 3.05) is 13.2 Å². The quantitative estimate of drug-likeness (QED) is 0.517.